The molecular formula is C21H26N2O4. The molecule has 0 aliphatic heterocycles. The van der Waals surface area contributed by atoms with Crippen LogP contribution in [0.25, 0.3) is 11.0 Å². The molecule has 2 heterocycles. The first-order valence-corrected chi connectivity index (χ1v) is 9.04. The Morgan fingerprint density at radius 2 is 2.04 bits per heavy atom. The van der Waals surface area contributed by atoms with Gasteiger partial charge in [-0.2, -0.15) is 0 Å². The Morgan fingerprint density at radius 3 is 2.63 bits per heavy atom. The van der Waals surface area contributed by atoms with Crippen molar-refractivity contribution in [1.82, 2.24) is 10.5 Å². The van der Waals surface area contributed by atoms with Crippen molar-refractivity contribution >= 4 is 16.8 Å². The highest BCUT2D eigenvalue weighted by atomic mass is 16.5. The molecule has 3 aromatic rings. The molecule has 0 radical (unpaired) electrons. The lowest BCUT2D eigenvalue weighted by atomic mass is 10.0. The summed E-state index contributed by atoms with van der Waals surface area (Å²) in [5.74, 6) is 1.54. The van der Waals surface area contributed by atoms with Crippen LogP contribution in [0.2, 0.25) is 0 Å². The van der Waals surface area contributed by atoms with Crippen molar-refractivity contribution in [2.75, 3.05) is 6.54 Å². The summed E-state index contributed by atoms with van der Waals surface area (Å²) in [6.45, 7) is 9.20. The number of rotatable bonds is 7. The molecule has 1 unspecified atom stereocenters. The average Bonchev–Trinajstić information content (AvgIpc) is 3.11. The van der Waals surface area contributed by atoms with Gasteiger partial charge in [-0.05, 0) is 58.4 Å². The number of nitrogens with zero attached hydrogens (tertiary/aromatic N) is 1. The molecule has 0 aliphatic carbocycles. The fourth-order valence-electron chi connectivity index (χ4n) is 3.25. The van der Waals surface area contributed by atoms with E-state index in [1.165, 1.54) is 0 Å². The van der Waals surface area contributed by atoms with Gasteiger partial charge < -0.3 is 19.4 Å². The van der Waals surface area contributed by atoms with Gasteiger partial charge in [0.25, 0.3) is 0 Å². The molecule has 2 aromatic heterocycles. The second-order valence-corrected chi connectivity index (χ2v) is 7.76. The fourth-order valence-corrected chi connectivity index (χ4v) is 3.25. The Labute approximate surface area is 158 Å². The third-order valence-corrected chi connectivity index (χ3v) is 4.45. The number of ketones is 1. The molecule has 0 amide bonds. The highest BCUT2D eigenvalue weighted by Gasteiger charge is 2.27. The van der Waals surface area contributed by atoms with E-state index in [1.54, 1.807) is 20.8 Å². The molecule has 6 nitrogen and oxygen atoms in total. The third kappa shape index (κ3) is 4.46. The molecule has 1 atom stereocenters. The fraction of sp³-hybridized carbons (Fsp3) is 0.429. The van der Waals surface area contributed by atoms with Crippen molar-refractivity contribution in [1.29, 1.82) is 0 Å². The first-order valence-electron chi connectivity index (χ1n) is 9.04. The zero-order valence-corrected chi connectivity index (χ0v) is 16.4. The second-order valence-electron chi connectivity index (χ2n) is 7.76. The van der Waals surface area contributed by atoms with Crippen LogP contribution in [0.15, 0.2) is 33.2 Å². The number of aromatic nitrogens is 1. The van der Waals surface area contributed by atoms with Gasteiger partial charge in [-0.15, -0.1) is 0 Å². The number of nitrogens with one attached hydrogen (secondary N) is 1. The lowest BCUT2D eigenvalue weighted by Crippen LogP contribution is -2.37. The van der Waals surface area contributed by atoms with E-state index in [0.717, 1.165) is 27.8 Å². The van der Waals surface area contributed by atoms with Crippen molar-refractivity contribution in [3.63, 3.8) is 0 Å². The van der Waals surface area contributed by atoms with Crippen LogP contribution in [0.5, 0.6) is 0 Å². The maximum Gasteiger partial charge on any atom is 0.139 e. The lowest BCUT2D eigenvalue weighted by Gasteiger charge is -2.23. The van der Waals surface area contributed by atoms with Crippen LogP contribution in [0.4, 0.5) is 0 Å². The maximum atomic E-state index is 11.4. The molecular weight excluding hydrogens is 344 g/mol. The number of carbonyl (C=O) groups excluding carboxylic acids is 1. The van der Waals surface area contributed by atoms with E-state index in [4.69, 9.17) is 8.94 Å². The van der Waals surface area contributed by atoms with Gasteiger partial charge in [-0.25, -0.2) is 0 Å². The highest BCUT2D eigenvalue weighted by Crippen LogP contribution is 2.32. The molecule has 0 aliphatic rings. The van der Waals surface area contributed by atoms with Gasteiger partial charge in [0.15, 0.2) is 0 Å². The van der Waals surface area contributed by atoms with E-state index in [9.17, 15) is 9.90 Å². The van der Waals surface area contributed by atoms with Gasteiger partial charge in [0, 0.05) is 23.9 Å². The van der Waals surface area contributed by atoms with E-state index >= 15 is 0 Å². The molecule has 2 N–H and O–H groups in total. The van der Waals surface area contributed by atoms with Gasteiger partial charge in [0.2, 0.25) is 0 Å². The largest absolute Gasteiger partial charge is 0.459 e. The van der Waals surface area contributed by atoms with Gasteiger partial charge >= 0.3 is 0 Å². The predicted octanol–water partition coefficient (Wildman–Crippen LogP) is 3.62. The molecule has 3 rings (SSSR count). The third-order valence-electron chi connectivity index (χ3n) is 4.45. The minimum atomic E-state index is -0.877. The van der Waals surface area contributed by atoms with Crippen LogP contribution in [0.1, 0.15) is 55.2 Å². The van der Waals surface area contributed by atoms with Crippen molar-refractivity contribution in [2.45, 2.75) is 52.7 Å². The summed E-state index contributed by atoms with van der Waals surface area (Å²) in [5, 5.41) is 18.5. The minimum Gasteiger partial charge on any atom is -0.459 e. The average molecular weight is 370 g/mol. The number of Topliss-reactive ketones (excluding diaryl/α,β-unsaturated/α-hetero) is 1. The summed E-state index contributed by atoms with van der Waals surface area (Å²) in [7, 11) is 0. The molecule has 27 heavy (non-hydrogen) atoms. The molecule has 0 spiro atoms. The van der Waals surface area contributed by atoms with Gasteiger partial charge in [0.05, 0.1) is 17.3 Å². The van der Waals surface area contributed by atoms with Crippen LogP contribution in [0, 0.1) is 13.8 Å². The van der Waals surface area contributed by atoms with Gasteiger partial charge in [-0.3, -0.25) is 4.79 Å². The maximum absolute atomic E-state index is 11.4. The number of fused-ring (bicyclic) bond motifs is 1. The van der Waals surface area contributed by atoms with Crippen LogP contribution in [-0.4, -0.2) is 28.2 Å². The Morgan fingerprint density at radius 1 is 1.30 bits per heavy atom. The minimum absolute atomic E-state index is 0.124. The number of benzene rings is 1. The smallest absolute Gasteiger partial charge is 0.139 e. The molecule has 144 valence electrons. The number of aliphatic hydroxyl groups is 1. The van der Waals surface area contributed by atoms with Crippen molar-refractivity contribution in [3.8, 4) is 0 Å². The van der Waals surface area contributed by atoms with Crippen molar-refractivity contribution in [2.24, 2.45) is 0 Å². The number of aryl methyl sites for hydroxylation is 2. The molecule has 0 bridgehead atoms. The zero-order chi connectivity index (χ0) is 19.8. The number of carbonyl (C=O) groups is 1. The van der Waals surface area contributed by atoms with E-state index in [1.807, 2.05) is 38.1 Å². The van der Waals surface area contributed by atoms with Gasteiger partial charge in [0.1, 0.15) is 22.9 Å². The topological polar surface area (TPSA) is 88.5 Å². The summed E-state index contributed by atoms with van der Waals surface area (Å²) in [4.78, 5) is 11.4. The number of hydrogen-bond acceptors (Lipinski definition) is 6. The monoisotopic (exact) mass is 370 g/mol. The van der Waals surface area contributed by atoms with Crippen LogP contribution in [0.3, 0.4) is 0 Å². The van der Waals surface area contributed by atoms with Crippen LogP contribution < -0.4 is 5.32 Å². The summed E-state index contributed by atoms with van der Waals surface area (Å²) < 4.78 is 11.4. The first kappa shape index (κ1) is 19.3. The van der Waals surface area contributed by atoms with Crippen LogP contribution in [-0.2, 0) is 11.2 Å². The van der Waals surface area contributed by atoms with Crippen molar-refractivity contribution < 1.29 is 18.8 Å². The summed E-state index contributed by atoms with van der Waals surface area (Å²) in [5.41, 5.74) is 2.51. The summed E-state index contributed by atoms with van der Waals surface area (Å²) in [6.07, 6.45) is 0.403. The molecule has 1 aromatic carbocycles. The lowest BCUT2D eigenvalue weighted by molar-refractivity contribution is -0.116. The molecule has 0 fully saturated rings. The van der Waals surface area contributed by atoms with E-state index in [2.05, 4.69) is 10.5 Å². The predicted molar refractivity (Wildman–Crippen MR) is 103 cm³/mol. The van der Waals surface area contributed by atoms with Gasteiger partial charge in [-0.1, -0.05) is 11.2 Å². The highest BCUT2D eigenvalue weighted by molar-refractivity contribution is 5.83. The molecule has 6 heteroatoms. The Balaban J connectivity index is 2.02. The number of hydrogen-bond donors (Lipinski definition) is 2. The number of furan rings is 1. The Kier molecular flexibility index (Phi) is 5.22. The van der Waals surface area contributed by atoms with Crippen LogP contribution >= 0.6 is 0 Å². The molecule has 0 saturated carbocycles. The normalized spacial score (nSPS) is 13.3. The van der Waals surface area contributed by atoms with E-state index in [0.29, 0.717) is 24.5 Å². The van der Waals surface area contributed by atoms with E-state index in [-0.39, 0.29) is 11.8 Å². The summed E-state index contributed by atoms with van der Waals surface area (Å²) >= 11 is 0. The first-order chi connectivity index (χ1) is 12.6. The Hall–Kier alpha value is -2.44. The standard InChI is InChI=1S/C21H26N2O4/c1-12(24)8-15-6-7-17-16(9-15)10-18(26-17)20(22-11-21(4,5)25)19-13(2)23-27-14(19)3/h6-7,9-10,20,22,25H,8,11H2,1-5H3. The summed E-state index contributed by atoms with van der Waals surface area (Å²) in [6, 6.07) is 7.44. The molecule has 0 saturated heterocycles. The zero-order valence-electron chi connectivity index (χ0n) is 16.4. The SMILES string of the molecule is CC(=O)Cc1ccc2oc(C(NCC(C)(C)O)c3c(C)noc3C)cc2c1. The Bertz CT molecular complexity index is 943. The quantitative estimate of drug-likeness (QED) is 0.660. The second kappa shape index (κ2) is 7.29. The van der Waals surface area contributed by atoms with Crippen molar-refractivity contribution in [3.05, 3.63) is 52.6 Å². The van der Waals surface area contributed by atoms with E-state index < -0.39 is 5.60 Å².